The van der Waals surface area contributed by atoms with Crippen LogP contribution in [0.25, 0.3) is 11.0 Å². The third-order valence-electron chi connectivity index (χ3n) is 5.86. The van der Waals surface area contributed by atoms with Crippen LogP contribution in [0.5, 0.6) is 0 Å². The highest BCUT2D eigenvalue weighted by Crippen LogP contribution is 2.28. The maximum Gasteiger partial charge on any atom is 0.300 e. The van der Waals surface area contributed by atoms with Crippen molar-refractivity contribution in [3.8, 4) is 0 Å². The molecule has 0 amide bonds. The first-order chi connectivity index (χ1) is 16.0. The number of aliphatic hydroxyl groups is 1. The van der Waals surface area contributed by atoms with Crippen LogP contribution in [-0.4, -0.2) is 54.3 Å². The summed E-state index contributed by atoms with van der Waals surface area (Å²) in [4.78, 5) is 10.6. The van der Waals surface area contributed by atoms with E-state index in [-0.39, 0.29) is 17.3 Å². The second kappa shape index (κ2) is 10.7. The molecule has 3 aromatic rings. The number of aromatic nitrogens is 5. The van der Waals surface area contributed by atoms with Crippen molar-refractivity contribution in [1.29, 1.82) is 0 Å². The molecule has 4 rings (SSSR count). The van der Waals surface area contributed by atoms with Gasteiger partial charge < -0.3 is 15.2 Å². The monoisotopic (exact) mass is 459 g/mol. The van der Waals surface area contributed by atoms with Gasteiger partial charge in [-0.3, -0.25) is 10.1 Å². The number of nitro benzene ring substituents is 1. The van der Waals surface area contributed by atoms with Crippen LogP contribution in [-0.2, 0) is 17.7 Å². The number of anilines is 1. The van der Waals surface area contributed by atoms with Crippen molar-refractivity contribution in [3.63, 3.8) is 0 Å². The molecular weight excluding hydrogens is 430 g/mol. The van der Waals surface area contributed by atoms with E-state index in [0.29, 0.717) is 30.1 Å². The molecule has 1 aliphatic rings. The van der Waals surface area contributed by atoms with E-state index >= 15 is 0 Å². The average Bonchev–Trinajstić information content (AvgIpc) is 3.42. The van der Waals surface area contributed by atoms with Crippen LogP contribution < -0.4 is 5.32 Å². The maximum atomic E-state index is 11.1. The fourth-order valence-electron chi connectivity index (χ4n) is 4.24. The minimum absolute atomic E-state index is 0.0317. The van der Waals surface area contributed by atoms with E-state index in [2.05, 4.69) is 37.5 Å². The van der Waals surface area contributed by atoms with E-state index in [1.54, 1.807) is 10.7 Å². The molecule has 178 valence electrons. The van der Waals surface area contributed by atoms with Gasteiger partial charge in [0.15, 0.2) is 11.8 Å². The van der Waals surface area contributed by atoms with Gasteiger partial charge in [0.1, 0.15) is 0 Å². The van der Waals surface area contributed by atoms with Crippen LogP contribution in [0, 0.1) is 16.0 Å². The molecule has 0 bridgehead atoms. The van der Waals surface area contributed by atoms with Crippen molar-refractivity contribution in [1.82, 2.24) is 25.3 Å². The number of non-ortho nitro benzene ring substituents is 1. The van der Waals surface area contributed by atoms with Gasteiger partial charge in [-0.25, -0.2) is 9.31 Å². The molecule has 12 heteroatoms. The van der Waals surface area contributed by atoms with Crippen molar-refractivity contribution >= 4 is 22.4 Å². The highest BCUT2D eigenvalue weighted by Gasteiger charge is 2.26. The summed E-state index contributed by atoms with van der Waals surface area (Å²) in [6.07, 6.45) is 7.78. The Hall–Kier alpha value is -3.12. The quantitative estimate of drug-likeness (QED) is 0.248. The SMILES string of the molecule is C[C@@H]1CC(O)O[C@H](Cn2cc(CCCCCCNc3ccc([N+](=O)[O-])c4nonc34)nn2)C1. The van der Waals surface area contributed by atoms with E-state index < -0.39 is 11.2 Å². The molecule has 3 atom stereocenters. The molecule has 1 fully saturated rings. The summed E-state index contributed by atoms with van der Waals surface area (Å²) >= 11 is 0. The Morgan fingerprint density at radius 1 is 1.21 bits per heavy atom. The number of rotatable bonds is 11. The third kappa shape index (κ3) is 6.02. The molecule has 1 unspecified atom stereocenters. The molecule has 33 heavy (non-hydrogen) atoms. The second-order valence-corrected chi connectivity index (χ2v) is 8.66. The molecule has 12 nitrogen and oxygen atoms in total. The van der Waals surface area contributed by atoms with E-state index in [1.807, 2.05) is 6.20 Å². The van der Waals surface area contributed by atoms with E-state index in [9.17, 15) is 15.2 Å². The number of ether oxygens (including phenoxy) is 1. The van der Waals surface area contributed by atoms with Crippen molar-refractivity contribution < 1.29 is 19.4 Å². The van der Waals surface area contributed by atoms with Gasteiger partial charge in [0.25, 0.3) is 0 Å². The number of hydrogen-bond acceptors (Lipinski definition) is 10. The van der Waals surface area contributed by atoms with Gasteiger partial charge in [0.2, 0.25) is 5.52 Å². The Balaban J connectivity index is 1.14. The van der Waals surface area contributed by atoms with E-state index in [0.717, 1.165) is 50.8 Å². The number of unbranched alkanes of at least 4 members (excludes halogenated alkanes) is 3. The van der Waals surface area contributed by atoms with Crippen molar-refractivity contribution in [2.75, 3.05) is 11.9 Å². The summed E-state index contributed by atoms with van der Waals surface area (Å²) in [6, 6.07) is 3.04. The fraction of sp³-hybridized carbons (Fsp3) is 0.619. The van der Waals surface area contributed by atoms with Crippen LogP contribution in [0.3, 0.4) is 0 Å². The number of benzene rings is 1. The Morgan fingerprint density at radius 2 is 2.03 bits per heavy atom. The summed E-state index contributed by atoms with van der Waals surface area (Å²) in [5, 5.41) is 39.9. The Labute approximate surface area is 190 Å². The Bertz CT molecular complexity index is 1060. The van der Waals surface area contributed by atoms with Crippen LogP contribution >= 0.6 is 0 Å². The molecule has 0 radical (unpaired) electrons. The normalized spacial score (nSPS) is 20.8. The largest absolute Gasteiger partial charge is 0.383 e. The van der Waals surface area contributed by atoms with Crippen LogP contribution in [0.1, 0.15) is 51.1 Å². The number of aliphatic hydroxyl groups excluding tert-OH is 1. The predicted octanol–water partition coefficient (Wildman–Crippen LogP) is 3.07. The lowest BCUT2D eigenvalue weighted by Crippen LogP contribution is -2.34. The van der Waals surface area contributed by atoms with Gasteiger partial charge in [-0.05, 0) is 48.0 Å². The standard InChI is InChI=1S/C21H29N7O5/c1-14-10-16(32-19(29)11-14)13-27-12-15(23-26-27)6-4-2-3-5-9-22-17-7-8-18(28(30)31)21-20(17)24-33-25-21/h7-8,12,14,16,19,22,29H,2-6,9-11,13H2,1H3/t14-,16-,19?/m0/s1. The number of hydrogen-bond donors (Lipinski definition) is 2. The maximum absolute atomic E-state index is 11.1. The Morgan fingerprint density at radius 3 is 2.85 bits per heavy atom. The summed E-state index contributed by atoms with van der Waals surface area (Å²) in [7, 11) is 0. The molecule has 2 N–H and O–H groups in total. The number of nitrogens with one attached hydrogen (secondary N) is 1. The van der Waals surface area contributed by atoms with Gasteiger partial charge >= 0.3 is 5.69 Å². The molecule has 0 saturated carbocycles. The molecule has 3 heterocycles. The van der Waals surface area contributed by atoms with E-state index in [1.165, 1.54) is 6.07 Å². The minimum Gasteiger partial charge on any atom is -0.383 e. The van der Waals surface area contributed by atoms with Gasteiger partial charge in [0.05, 0.1) is 29.0 Å². The molecular formula is C21H29N7O5. The molecule has 0 spiro atoms. The van der Waals surface area contributed by atoms with E-state index in [4.69, 9.17) is 4.74 Å². The van der Waals surface area contributed by atoms with Gasteiger partial charge in [0, 0.05) is 25.2 Å². The molecule has 1 aliphatic heterocycles. The smallest absolute Gasteiger partial charge is 0.300 e. The zero-order valence-corrected chi connectivity index (χ0v) is 18.6. The topological polar surface area (TPSA) is 154 Å². The number of aryl methyl sites for hydroxylation is 1. The molecule has 2 aromatic heterocycles. The fourth-order valence-corrected chi connectivity index (χ4v) is 4.24. The first kappa shape index (κ1) is 23.1. The van der Waals surface area contributed by atoms with Crippen LogP contribution in [0.4, 0.5) is 11.4 Å². The third-order valence-corrected chi connectivity index (χ3v) is 5.86. The van der Waals surface area contributed by atoms with Gasteiger partial charge in [-0.15, -0.1) is 5.10 Å². The van der Waals surface area contributed by atoms with Crippen LogP contribution in [0.2, 0.25) is 0 Å². The zero-order valence-electron chi connectivity index (χ0n) is 18.6. The zero-order chi connectivity index (χ0) is 23.2. The highest BCUT2D eigenvalue weighted by molar-refractivity contribution is 5.93. The lowest BCUT2D eigenvalue weighted by molar-refractivity contribution is -0.383. The molecule has 1 saturated heterocycles. The first-order valence-electron chi connectivity index (χ1n) is 11.4. The highest BCUT2D eigenvalue weighted by atomic mass is 16.6. The van der Waals surface area contributed by atoms with Crippen molar-refractivity contribution in [2.24, 2.45) is 5.92 Å². The Kier molecular flexibility index (Phi) is 7.45. The summed E-state index contributed by atoms with van der Waals surface area (Å²) in [5.41, 5.74) is 2.04. The second-order valence-electron chi connectivity index (χ2n) is 8.66. The number of nitro groups is 1. The first-order valence-corrected chi connectivity index (χ1v) is 11.4. The number of fused-ring (bicyclic) bond motifs is 1. The lowest BCUT2D eigenvalue weighted by atomic mass is 9.97. The minimum atomic E-state index is -0.685. The number of nitrogens with zero attached hydrogens (tertiary/aromatic N) is 6. The summed E-state index contributed by atoms with van der Waals surface area (Å²) in [6.45, 7) is 3.46. The van der Waals surface area contributed by atoms with Crippen molar-refractivity contribution in [3.05, 3.63) is 34.1 Å². The summed E-state index contributed by atoms with van der Waals surface area (Å²) < 4.78 is 12.1. The van der Waals surface area contributed by atoms with Gasteiger partial charge in [-0.1, -0.05) is 25.0 Å². The summed E-state index contributed by atoms with van der Waals surface area (Å²) in [5.74, 6) is 0.440. The average molecular weight is 460 g/mol. The predicted molar refractivity (Wildman–Crippen MR) is 118 cm³/mol. The molecule has 0 aliphatic carbocycles. The van der Waals surface area contributed by atoms with Crippen LogP contribution in [0.15, 0.2) is 23.0 Å². The van der Waals surface area contributed by atoms with Crippen molar-refractivity contribution in [2.45, 2.75) is 70.8 Å². The molecule has 1 aromatic carbocycles. The van der Waals surface area contributed by atoms with Gasteiger partial charge in [-0.2, -0.15) is 0 Å². The lowest BCUT2D eigenvalue weighted by Gasteiger charge is -2.30.